The number of hydrogen-bond donors (Lipinski definition) is 0. The van der Waals surface area contributed by atoms with E-state index in [2.05, 4.69) is 48.6 Å². The van der Waals surface area contributed by atoms with Gasteiger partial charge in [0.15, 0.2) is 11.2 Å². The maximum Gasteiger partial charge on any atom is 0.353 e. The highest BCUT2D eigenvalue weighted by atomic mass is 32.1. The van der Waals surface area contributed by atoms with Gasteiger partial charge in [0.1, 0.15) is 0 Å². The van der Waals surface area contributed by atoms with E-state index in [1.165, 1.54) is 0 Å². The molecule has 7 rings (SSSR count). The first kappa shape index (κ1) is 12.9. The van der Waals surface area contributed by atoms with Crippen LogP contribution in [0.15, 0.2) is 48.6 Å². The van der Waals surface area contributed by atoms with Crippen molar-refractivity contribution in [3.8, 4) is 0 Å². The zero-order valence-corrected chi connectivity index (χ0v) is 14.2. The summed E-state index contributed by atoms with van der Waals surface area (Å²) in [6.07, 6.45) is 21.5. The van der Waals surface area contributed by atoms with Crippen LogP contribution in [0, 0.1) is 47.3 Å². The van der Waals surface area contributed by atoms with Crippen LogP contribution in [-0.2, 0) is 9.47 Å². The molecule has 0 unspecified atom stereocenters. The van der Waals surface area contributed by atoms with Gasteiger partial charge in [-0.05, 0) is 48.3 Å². The lowest BCUT2D eigenvalue weighted by molar-refractivity contribution is -0.0861. The molecule has 1 heterocycles. The van der Waals surface area contributed by atoms with E-state index in [1.807, 2.05) is 0 Å². The number of thiocarbonyl (C=S) groups is 1. The van der Waals surface area contributed by atoms with E-state index in [-0.39, 0.29) is 11.2 Å². The molecule has 10 atom stereocenters. The Kier molecular flexibility index (Phi) is 2.02. The van der Waals surface area contributed by atoms with Crippen LogP contribution >= 0.6 is 12.2 Å². The van der Waals surface area contributed by atoms with E-state index >= 15 is 0 Å². The molecule has 24 heavy (non-hydrogen) atoms. The molecule has 122 valence electrons. The minimum atomic E-state index is -0.252. The molecule has 0 radical (unpaired) electrons. The molecule has 0 aromatic heterocycles. The van der Waals surface area contributed by atoms with Crippen molar-refractivity contribution in [2.24, 2.45) is 47.3 Å². The third-order valence-electron chi connectivity index (χ3n) is 8.35. The fraction of sp³-hybridized carbons (Fsp3) is 0.571. The van der Waals surface area contributed by atoms with Crippen molar-refractivity contribution < 1.29 is 9.47 Å². The molecular formula is C21H20O2S. The van der Waals surface area contributed by atoms with Crippen molar-refractivity contribution in [3.05, 3.63) is 48.6 Å². The first-order valence-electron chi connectivity index (χ1n) is 9.37. The molecule has 2 saturated carbocycles. The largest absolute Gasteiger partial charge is 0.445 e. The van der Waals surface area contributed by atoms with Gasteiger partial charge in [-0.2, -0.15) is 0 Å². The second kappa shape index (κ2) is 3.75. The van der Waals surface area contributed by atoms with Crippen molar-refractivity contribution in [2.75, 3.05) is 0 Å². The molecular weight excluding hydrogens is 316 g/mol. The lowest BCUT2D eigenvalue weighted by Gasteiger charge is -2.43. The van der Waals surface area contributed by atoms with Gasteiger partial charge in [-0.1, -0.05) is 48.6 Å². The fourth-order valence-electron chi connectivity index (χ4n) is 7.71. The number of ether oxygens (including phenoxy) is 2. The van der Waals surface area contributed by atoms with Gasteiger partial charge in [0.05, 0.1) is 0 Å². The molecule has 2 spiro atoms. The van der Waals surface area contributed by atoms with Crippen molar-refractivity contribution in [3.63, 3.8) is 0 Å². The molecule has 7 aliphatic rings. The summed E-state index contributed by atoms with van der Waals surface area (Å²) in [7, 11) is 0. The van der Waals surface area contributed by atoms with Gasteiger partial charge < -0.3 is 9.47 Å². The van der Waals surface area contributed by atoms with Crippen LogP contribution < -0.4 is 0 Å². The molecule has 0 aromatic carbocycles. The van der Waals surface area contributed by atoms with Crippen LogP contribution in [0.25, 0.3) is 0 Å². The molecule has 0 aromatic rings. The summed E-state index contributed by atoms with van der Waals surface area (Å²) in [5.41, 5.74) is -0.505. The first-order chi connectivity index (χ1) is 11.7. The van der Waals surface area contributed by atoms with Crippen LogP contribution in [0.3, 0.4) is 0 Å². The monoisotopic (exact) mass is 336 g/mol. The molecule has 1 saturated heterocycles. The molecule has 3 fully saturated rings. The summed E-state index contributed by atoms with van der Waals surface area (Å²) < 4.78 is 13.0. The van der Waals surface area contributed by atoms with Gasteiger partial charge in [-0.25, -0.2) is 0 Å². The topological polar surface area (TPSA) is 18.5 Å². The van der Waals surface area contributed by atoms with Crippen LogP contribution in [-0.4, -0.2) is 16.4 Å². The Morgan fingerprint density at radius 2 is 1.17 bits per heavy atom. The van der Waals surface area contributed by atoms with Gasteiger partial charge in [-0.3, -0.25) is 0 Å². The summed E-state index contributed by atoms with van der Waals surface area (Å²) in [5.74, 6) is 4.66. The highest BCUT2D eigenvalue weighted by Crippen LogP contribution is 2.71. The van der Waals surface area contributed by atoms with E-state index < -0.39 is 0 Å². The SMILES string of the molecule is S=C1O[C@]2(C[C@@H]3C=C[C@H]4C=C[C@@H]2[C@H]43)[C@@]2(C[C@@H]3C=C[C@@H]4C=C[C@@H]2[C@H]43)O1. The standard InChI is InChI=1S/C21H20O2S/c24-19-22-20(9-13-3-1-11-5-7-15(20)17(11)13)21(23-19)10-14-4-2-12-6-8-16(21)18(12)14/h1-8,11-18H,9-10H2/t11-,12+,13-,14-,15+,16+,17+,18+,20-,21-/m0/s1. The quantitative estimate of drug-likeness (QED) is 0.495. The second-order valence-corrected chi connectivity index (χ2v) is 9.20. The summed E-state index contributed by atoms with van der Waals surface area (Å²) in [4.78, 5) is 0. The maximum atomic E-state index is 6.50. The van der Waals surface area contributed by atoms with Crippen LogP contribution in [0.5, 0.6) is 0 Å². The van der Waals surface area contributed by atoms with Crippen LogP contribution in [0.1, 0.15) is 12.8 Å². The minimum absolute atomic E-state index is 0.252. The lowest BCUT2D eigenvalue weighted by Crippen LogP contribution is -2.56. The van der Waals surface area contributed by atoms with Gasteiger partial charge >= 0.3 is 5.24 Å². The van der Waals surface area contributed by atoms with Crippen LogP contribution in [0.4, 0.5) is 0 Å². The second-order valence-electron chi connectivity index (χ2n) is 8.87. The van der Waals surface area contributed by atoms with E-state index in [1.54, 1.807) is 0 Å². The predicted molar refractivity (Wildman–Crippen MR) is 93.9 cm³/mol. The average Bonchev–Trinajstić information content (AvgIpc) is 3.32. The first-order valence-corrected chi connectivity index (χ1v) is 9.78. The predicted octanol–water partition coefficient (Wildman–Crippen LogP) is 3.81. The average molecular weight is 336 g/mol. The van der Waals surface area contributed by atoms with Gasteiger partial charge in [0.25, 0.3) is 0 Å². The zero-order chi connectivity index (χ0) is 15.7. The number of allylic oxidation sites excluding steroid dienone is 6. The Morgan fingerprint density at radius 3 is 1.67 bits per heavy atom. The molecule has 3 heteroatoms. The fourth-order valence-corrected chi connectivity index (χ4v) is 8.01. The van der Waals surface area contributed by atoms with Crippen molar-refractivity contribution in [2.45, 2.75) is 24.0 Å². The van der Waals surface area contributed by atoms with E-state index in [0.29, 0.717) is 52.6 Å². The molecule has 0 bridgehead atoms. The van der Waals surface area contributed by atoms with E-state index in [9.17, 15) is 0 Å². The Bertz CT molecular complexity index is 730. The Hall–Kier alpha value is -1.35. The molecule has 1 aliphatic heterocycles. The summed E-state index contributed by atoms with van der Waals surface area (Å²) in [6.45, 7) is 0. The highest BCUT2D eigenvalue weighted by Gasteiger charge is 2.77. The zero-order valence-electron chi connectivity index (χ0n) is 13.4. The maximum absolute atomic E-state index is 6.50. The summed E-state index contributed by atoms with van der Waals surface area (Å²) >= 11 is 5.50. The third-order valence-corrected chi connectivity index (χ3v) is 8.52. The van der Waals surface area contributed by atoms with Crippen molar-refractivity contribution in [1.29, 1.82) is 0 Å². The van der Waals surface area contributed by atoms with Gasteiger partial charge in [0, 0.05) is 24.1 Å². The normalized spacial score (nSPS) is 62.2. The molecule has 0 N–H and O–H groups in total. The summed E-state index contributed by atoms with van der Waals surface area (Å²) in [6, 6.07) is 0. The highest BCUT2D eigenvalue weighted by molar-refractivity contribution is 7.79. The van der Waals surface area contributed by atoms with Crippen LogP contribution in [0.2, 0.25) is 0 Å². The number of fused-ring (bicyclic) bond motifs is 3. The molecule has 2 nitrogen and oxygen atoms in total. The van der Waals surface area contributed by atoms with Gasteiger partial charge in [-0.15, -0.1) is 0 Å². The molecule has 6 aliphatic carbocycles. The van der Waals surface area contributed by atoms with Gasteiger partial charge in [0.2, 0.25) is 0 Å². The van der Waals surface area contributed by atoms with E-state index in [0.717, 1.165) is 12.8 Å². The third kappa shape index (κ3) is 1.14. The minimum Gasteiger partial charge on any atom is -0.445 e. The smallest absolute Gasteiger partial charge is 0.353 e. The van der Waals surface area contributed by atoms with Crippen molar-refractivity contribution in [1.82, 2.24) is 0 Å². The van der Waals surface area contributed by atoms with Crippen molar-refractivity contribution >= 4 is 17.5 Å². The summed E-state index contributed by atoms with van der Waals surface area (Å²) in [5, 5.41) is 0.400. The Morgan fingerprint density at radius 1 is 0.708 bits per heavy atom. The molecule has 0 amide bonds. The lowest BCUT2D eigenvalue weighted by atomic mass is 9.68. The Labute approximate surface area is 147 Å². The number of rotatable bonds is 0. The van der Waals surface area contributed by atoms with E-state index in [4.69, 9.17) is 21.7 Å². The number of hydrogen-bond acceptors (Lipinski definition) is 3. The Balaban J connectivity index is 1.43.